The predicted octanol–water partition coefficient (Wildman–Crippen LogP) is 4.02. The van der Waals surface area contributed by atoms with Crippen LogP contribution in [0.25, 0.3) is 5.76 Å². The van der Waals surface area contributed by atoms with Crippen molar-refractivity contribution < 1.29 is 9.84 Å². The number of benzene rings is 2. The smallest absolute Gasteiger partial charge is 0.126 e. The van der Waals surface area contributed by atoms with Gasteiger partial charge in [-0.25, -0.2) is 0 Å². The Kier molecular flexibility index (Phi) is 4.75. The molecule has 2 aromatic carbocycles. The molecule has 0 unspecified atom stereocenters. The van der Waals surface area contributed by atoms with Gasteiger partial charge in [-0.2, -0.15) is 0 Å². The maximum atomic E-state index is 12.4. The molecule has 0 spiro atoms. The fraction of sp³-hybridized carbons (Fsp3) is 0.0476. The zero-order chi connectivity index (χ0) is 15.9. The minimum atomic E-state index is -0.0603. The standard InChI is InChI=1S/C21H18O2/c22-20(15-14-17-8-4-5-9-17)19-12-6-7-13-21(19)23-16-18-10-2-1-3-11-18/h1-15,22H,16H2/p-1. The molecule has 0 atom stereocenters. The van der Waals surface area contributed by atoms with Gasteiger partial charge in [-0.3, -0.25) is 0 Å². The average molecular weight is 301 g/mol. The Bertz CT molecular complexity index is 766. The molecule has 0 saturated carbocycles. The van der Waals surface area contributed by atoms with E-state index in [0.717, 1.165) is 11.1 Å². The molecule has 0 amide bonds. The molecule has 2 aromatic rings. The number of hydrogen-bond acceptors (Lipinski definition) is 2. The van der Waals surface area contributed by atoms with Crippen LogP contribution >= 0.6 is 0 Å². The fourth-order valence-electron chi connectivity index (χ4n) is 2.29. The molecule has 1 aliphatic carbocycles. The largest absolute Gasteiger partial charge is 0.872 e. The Morgan fingerprint density at radius 1 is 0.913 bits per heavy atom. The van der Waals surface area contributed by atoms with Gasteiger partial charge in [0.2, 0.25) is 0 Å². The Labute approximate surface area is 136 Å². The van der Waals surface area contributed by atoms with Crippen molar-refractivity contribution in [3.05, 3.63) is 108 Å². The molecule has 0 aromatic heterocycles. The van der Waals surface area contributed by atoms with Gasteiger partial charge in [-0.1, -0.05) is 90.7 Å². The van der Waals surface area contributed by atoms with Gasteiger partial charge in [0.25, 0.3) is 0 Å². The average Bonchev–Trinajstić information content (AvgIpc) is 3.12. The monoisotopic (exact) mass is 301 g/mol. The first kappa shape index (κ1) is 14.9. The van der Waals surface area contributed by atoms with Crippen LogP contribution in [0.5, 0.6) is 5.75 Å². The molecular formula is C21H17O2-. The Balaban J connectivity index is 1.77. The molecule has 2 nitrogen and oxygen atoms in total. The van der Waals surface area contributed by atoms with Crippen molar-refractivity contribution in [2.75, 3.05) is 0 Å². The van der Waals surface area contributed by atoms with Crippen molar-refractivity contribution in [1.82, 2.24) is 0 Å². The third-order valence-corrected chi connectivity index (χ3v) is 3.51. The molecule has 114 valence electrons. The van der Waals surface area contributed by atoms with Crippen LogP contribution < -0.4 is 9.84 Å². The van der Waals surface area contributed by atoms with E-state index < -0.39 is 0 Å². The minimum Gasteiger partial charge on any atom is -0.872 e. The van der Waals surface area contributed by atoms with E-state index in [2.05, 4.69) is 0 Å². The number of rotatable bonds is 5. The number of para-hydroxylation sites is 1. The van der Waals surface area contributed by atoms with Crippen LogP contribution in [0, 0.1) is 0 Å². The second kappa shape index (κ2) is 7.32. The summed E-state index contributed by atoms with van der Waals surface area (Å²) in [4.78, 5) is 0. The summed E-state index contributed by atoms with van der Waals surface area (Å²) in [5.74, 6) is 0.545. The van der Waals surface area contributed by atoms with E-state index in [1.807, 2.05) is 78.9 Å². The molecule has 23 heavy (non-hydrogen) atoms. The molecule has 0 heterocycles. The van der Waals surface area contributed by atoms with Crippen molar-refractivity contribution in [1.29, 1.82) is 0 Å². The van der Waals surface area contributed by atoms with Crippen molar-refractivity contribution in [2.24, 2.45) is 0 Å². The number of hydrogen-bond donors (Lipinski definition) is 0. The first-order valence-electron chi connectivity index (χ1n) is 7.53. The Hall–Kier alpha value is -3.00. The van der Waals surface area contributed by atoms with E-state index in [0.29, 0.717) is 17.9 Å². The van der Waals surface area contributed by atoms with Gasteiger partial charge >= 0.3 is 0 Å². The molecular weight excluding hydrogens is 284 g/mol. The molecule has 0 N–H and O–H groups in total. The summed E-state index contributed by atoms with van der Waals surface area (Å²) < 4.78 is 5.83. The van der Waals surface area contributed by atoms with Gasteiger partial charge < -0.3 is 9.84 Å². The fourth-order valence-corrected chi connectivity index (χ4v) is 2.29. The highest BCUT2D eigenvalue weighted by molar-refractivity contribution is 5.65. The van der Waals surface area contributed by atoms with Crippen LogP contribution in [0.2, 0.25) is 0 Å². The Morgan fingerprint density at radius 2 is 1.61 bits per heavy atom. The molecule has 2 heteroatoms. The van der Waals surface area contributed by atoms with Crippen LogP contribution in [0.1, 0.15) is 11.1 Å². The first-order chi connectivity index (χ1) is 11.3. The third kappa shape index (κ3) is 4.01. The summed E-state index contributed by atoms with van der Waals surface area (Å²) in [6.45, 7) is 0.442. The maximum Gasteiger partial charge on any atom is 0.126 e. The summed E-state index contributed by atoms with van der Waals surface area (Å²) in [5.41, 5.74) is 2.66. The summed E-state index contributed by atoms with van der Waals surface area (Å²) in [5, 5.41) is 12.4. The molecule has 0 radical (unpaired) electrons. The minimum absolute atomic E-state index is 0.0603. The summed E-state index contributed by atoms with van der Waals surface area (Å²) in [7, 11) is 0. The van der Waals surface area contributed by atoms with Gasteiger partial charge in [0.1, 0.15) is 12.4 Å². The predicted molar refractivity (Wildman–Crippen MR) is 91.6 cm³/mol. The highest BCUT2D eigenvalue weighted by Gasteiger charge is 2.02. The summed E-state index contributed by atoms with van der Waals surface area (Å²) >= 11 is 0. The normalized spacial score (nSPS) is 13.4. The zero-order valence-electron chi connectivity index (χ0n) is 12.7. The van der Waals surface area contributed by atoms with Crippen LogP contribution in [-0.2, 0) is 6.61 Å². The SMILES string of the molecule is [O-]C(=CC=C1C=CC=C1)c1ccccc1OCc1ccccc1. The first-order valence-corrected chi connectivity index (χ1v) is 7.53. The van der Waals surface area contributed by atoms with Crippen LogP contribution in [-0.4, -0.2) is 0 Å². The highest BCUT2D eigenvalue weighted by atomic mass is 16.5. The van der Waals surface area contributed by atoms with E-state index in [-0.39, 0.29) is 5.76 Å². The molecule has 0 aliphatic heterocycles. The van der Waals surface area contributed by atoms with Crippen molar-refractivity contribution in [3.63, 3.8) is 0 Å². The summed E-state index contributed by atoms with van der Waals surface area (Å²) in [6, 6.07) is 17.2. The van der Waals surface area contributed by atoms with E-state index in [4.69, 9.17) is 4.74 Å². The van der Waals surface area contributed by atoms with E-state index >= 15 is 0 Å². The van der Waals surface area contributed by atoms with E-state index in [1.54, 1.807) is 12.1 Å². The second-order valence-electron chi connectivity index (χ2n) is 5.19. The van der Waals surface area contributed by atoms with Crippen molar-refractivity contribution >= 4 is 5.76 Å². The van der Waals surface area contributed by atoms with Crippen LogP contribution in [0.15, 0.2) is 96.6 Å². The van der Waals surface area contributed by atoms with E-state index in [1.165, 1.54) is 0 Å². The van der Waals surface area contributed by atoms with Crippen LogP contribution in [0.4, 0.5) is 0 Å². The lowest BCUT2D eigenvalue weighted by molar-refractivity contribution is -0.243. The number of allylic oxidation sites excluding steroid dienone is 7. The van der Waals surface area contributed by atoms with Crippen molar-refractivity contribution in [3.8, 4) is 5.75 Å². The highest BCUT2D eigenvalue weighted by Crippen LogP contribution is 2.24. The third-order valence-electron chi connectivity index (χ3n) is 3.51. The van der Waals surface area contributed by atoms with Crippen LogP contribution in [0.3, 0.4) is 0 Å². The molecule has 3 rings (SSSR count). The lowest BCUT2D eigenvalue weighted by Crippen LogP contribution is -2.05. The quantitative estimate of drug-likeness (QED) is 0.781. The second-order valence-corrected chi connectivity index (χ2v) is 5.19. The lowest BCUT2D eigenvalue weighted by Gasteiger charge is -2.17. The maximum absolute atomic E-state index is 12.4. The Morgan fingerprint density at radius 3 is 2.39 bits per heavy atom. The van der Waals surface area contributed by atoms with Gasteiger partial charge in [0.05, 0.1) is 0 Å². The topological polar surface area (TPSA) is 32.3 Å². The lowest BCUT2D eigenvalue weighted by atomic mass is 10.1. The molecule has 1 aliphatic rings. The van der Waals surface area contributed by atoms with Gasteiger partial charge in [0, 0.05) is 5.56 Å². The van der Waals surface area contributed by atoms with Gasteiger partial charge in [-0.15, -0.1) is 0 Å². The van der Waals surface area contributed by atoms with E-state index in [9.17, 15) is 5.11 Å². The molecule has 0 fully saturated rings. The summed E-state index contributed by atoms with van der Waals surface area (Å²) in [6.07, 6.45) is 11.2. The van der Waals surface area contributed by atoms with Crippen molar-refractivity contribution in [2.45, 2.75) is 6.61 Å². The number of ether oxygens (including phenoxy) is 1. The zero-order valence-corrected chi connectivity index (χ0v) is 12.7. The molecule has 0 saturated heterocycles. The molecule has 0 bridgehead atoms. The van der Waals surface area contributed by atoms with Gasteiger partial charge in [0.15, 0.2) is 0 Å². The van der Waals surface area contributed by atoms with Gasteiger partial charge in [-0.05, 0) is 17.2 Å².